The van der Waals surface area contributed by atoms with Crippen LogP contribution in [0.3, 0.4) is 0 Å². The predicted octanol–water partition coefficient (Wildman–Crippen LogP) is 0.908. The number of hydrogen-bond acceptors (Lipinski definition) is 1. The maximum absolute atomic E-state index is 0. The molecule has 1 nitrogen and oxygen atoms in total. The minimum Gasteiger partial charge on any atom is -0.344 e. The molecule has 0 rings (SSSR count). The predicted molar refractivity (Wildman–Crippen MR) is 22.1 cm³/mol. The average molecular weight is 126 g/mol. The molecule has 0 aliphatic rings. The summed E-state index contributed by atoms with van der Waals surface area (Å²) >= 11 is 0. The van der Waals surface area contributed by atoms with Crippen LogP contribution in [0.4, 0.5) is 0 Å². The van der Waals surface area contributed by atoms with Crippen LogP contribution in [0.2, 0.25) is 0 Å². The molecule has 3 heteroatoms. The molecule has 0 saturated carbocycles. The van der Waals surface area contributed by atoms with Crippen LogP contribution < -0.4 is 6.15 Å². The van der Waals surface area contributed by atoms with Gasteiger partial charge in [-0.25, -0.2) is 0 Å². The Kier molecular flexibility index (Phi) is 1250. The minimum absolute atomic E-state index is 0. The van der Waals surface area contributed by atoms with Crippen LogP contribution >= 0.6 is 13.5 Å². The summed E-state index contributed by atoms with van der Waals surface area (Å²) < 4.78 is 0. The largest absolute Gasteiger partial charge is 0.344 e. The molecule has 3 N–H and O–H groups in total. The molecule has 0 aromatic rings. The van der Waals surface area contributed by atoms with Gasteiger partial charge in [-0.3, -0.25) is 0 Å². The Labute approximate surface area is 44.1 Å². The van der Waals surface area contributed by atoms with E-state index in [1.807, 2.05) is 0 Å². The first-order chi connectivity index (χ1) is 0. The molecule has 0 amide bonds. The summed E-state index contributed by atoms with van der Waals surface area (Å²) in [5.74, 6) is 0. The van der Waals surface area contributed by atoms with Crippen LogP contribution in [0.15, 0.2) is 0 Å². The smallest absolute Gasteiger partial charge is 0 e. The van der Waals surface area contributed by atoms with E-state index in [1.165, 1.54) is 0 Å². The van der Waals surface area contributed by atoms with Gasteiger partial charge in [0, 0.05) is 16.5 Å². The molecule has 34 valence electrons. The molecule has 0 atom stereocenters. The minimum atomic E-state index is 0. The van der Waals surface area contributed by atoms with E-state index in [9.17, 15) is 0 Å². The van der Waals surface area contributed by atoms with Gasteiger partial charge in [-0.05, 0) is 0 Å². The summed E-state index contributed by atoms with van der Waals surface area (Å²) in [5, 5.41) is 0. The van der Waals surface area contributed by atoms with Gasteiger partial charge in [0.2, 0.25) is 0 Å². The monoisotopic (exact) mass is 125 g/mol. The van der Waals surface area contributed by atoms with Crippen molar-refractivity contribution in [3.8, 4) is 0 Å². The molecule has 0 spiro atoms. The quantitative estimate of drug-likeness (QED) is 0.480. The van der Waals surface area contributed by atoms with Crippen LogP contribution in [0.25, 0.3) is 0 Å². The van der Waals surface area contributed by atoms with Gasteiger partial charge < -0.3 is 6.15 Å². The van der Waals surface area contributed by atoms with Crippen molar-refractivity contribution in [2.75, 3.05) is 0 Å². The Morgan fingerprint density at radius 1 is 1.00 bits per heavy atom. The zero-order valence-corrected chi connectivity index (χ0v) is 3.51. The normalized spacial score (nSPS) is 0. The Hall–Kier alpha value is 0.804. The molecular formula is CH9NNiS. The summed E-state index contributed by atoms with van der Waals surface area (Å²) in [7, 11) is 0. The summed E-state index contributed by atoms with van der Waals surface area (Å²) in [6, 6.07) is 0. The maximum Gasteiger partial charge on any atom is 0 e. The Morgan fingerprint density at radius 2 is 1.00 bits per heavy atom. The molecule has 0 fully saturated rings. The van der Waals surface area contributed by atoms with Crippen molar-refractivity contribution in [3.63, 3.8) is 0 Å². The van der Waals surface area contributed by atoms with Crippen molar-refractivity contribution < 1.29 is 16.5 Å². The maximum atomic E-state index is 0. The molecule has 0 bridgehead atoms. The molecule has 0 unspecified atom stereocenters. The Balaban J connectivity index is 0. The van der Waals surface area contributed by atoms with Gasteiger partial charge in [0.1, 0.15) is 0 Å². The molecule has 0 aromatic carbocycles. The molecule has 0 aromatic heterocycles. The third-order valence-corrected chi connectivity index (χ3v) is 0. The van der Waals surface area contributed by atoms with Crippen LogP contribution in [0.5, 0.6) is 0 Å². The second-order valence-electron chi connectivity index (χ2n) is 0. The van der Waals surface area contributed by atoms with E-state index in [4.69, 9.17) is 0 Å². The third-order valence-electron chi connectivity index (χ3n) is 0. The summed E-state index contributed by atoms with van der Waals surface area (Å²) in [6.07, 6.45) is 0. The summed E-state index contributed by atoms with van der Waals surface area (Å²) in [4.78, 5) is 0. The fourth-order valence-electron chi connectivity index (χ4n) is 0. The molecular weight excluding hydrogens is 117 g/mol. The molecule has 0 heterocycles. The summed E-state index contributed by atoms with van der Waals surface area (Å²) in [5.41, 5.74) is 0. The fourth-order valence-corrected chi connectivity index (χ4v) is 0. The van der Waals surface area contributed by atoms with Crippen molar-refractivity contribution in [2.45, 2.75) is 7.43 Å². The van der Waals surface area contributed by atoms with E-state index in [1.54, 1.807) is 0 Å². The van der Waals surface area contributed by atoms with Gasteiger partial charge in [0.15, 0.2) is 0 Å². The van der Waals surface area contributed by atoms with Gasteiger partial charge in [-0.2, -0.15) is 13.5 Å². The SMILES string of the molecule is C.N.S.[Ni]. The van der Waals surface area contributed by atoms with Gasteiger partial charge in [0.05, 0.1) is 0 Å². The molecule has 4 heavy (non-hydrogen) atoms. The molecule has 0 radical (unpaired) electrons. The van der Waals surface area contributed by atoms with E-state index in [-0.39, 0.29) is 43.6 Å². The Morgan fingerprint density at radius 3 is 1.00 bits per heavy atom. The molecule has 0 aliphatic carbocycles. The van der Waals surface area contributed by atoms with E-state index in [0.717, 1.165) is 0 Å². The van der Waals surface area contributed by atoms with Crippen molar-refractivity contribution in [1.29, 1.82) is 0 Å². The van der Waals surface area contributed by atoms with Gasteiger partial charge in [0.25, 0.3) is 0 Å². The van der Waals surface area contributed by atoms with Crippen molar-refractivity contribution >= 4 is 13.5 Å². The third kappa shape index (κ3) is 14.1. The molecule has 0 saturated heterocycles. The fraction of sp³-hybridized carbons (Fsp3) is 1.00. The Bertz CT molecular complexity index is 8.00. The number of rotatable bonds is 0. The van der Waals surface area contributed by atoms with E-state index in [0.29, 0.717) is 0 Å². The zero-order valence-electron chi connectivity index (χ0n) is 1.52. The van der Waals surface area contributed by atoms with Crippen LogP contribution in [-0.2, 0) is 16.5 Å². The first-order valence-corrected chi connectivity index (χ1v) is 0. The second-order valence-corrected chi connectivity index (χ2v) is 0. The average Bonchev–Trinajstić information content (AvgIpc) is 0. The topological polar surface area (TPSA) is 35.0 Å². The molecule has 0 aliphatic heterocycles. The van der Waals surface area contributed by atoms with Crippen LogP contribution in [0.1, 0.15) is 7.43 Å². The first-order valence-electron chi connectivity index (χ1n) is 0. The van der Waals surface area contributed by atoms with Crippen LogP contribution in [0, 0.1) is 0 Å². The van der Waals surface area contributed by atoms with Crippen molar-refractivity contribution in [1.82, 2.24) is 6.15 Å². The van der Waals surface area contributed by atoms with Crippen molar-refractivity contribution in [2.24, 2.45) is 0 Å². The van der Waals surface area contributed by atoms with Gasteiger partial charge in [-0.15, -0.1) is 0 Å². The van der Waals surface area contributed by atoms with E-state index in [2.05, 4.69) is 0 Å². The van der Waals surface area contributed by atoms with E-state index >= 15 is 0 Å². The standard InChI is InChI=1S/CH4.H3N.Ni.H2S/h1H4;1H3;;1H2. The van der Waals surface area contributed by atoms with Crippen molar-refractivity contribution in [3.05, 3.63) is 0 Å². The van der Waals surface area contributed by atoms with Gasteiger partial charge >= 0.3 is 0 Å². The van der Waals surface area contributed by atoms with Gasteiger partial charge in [-0.1, -0.05) is 7.43 Å². The first kappa shape index (κ1) is 108. The van der Waals surface area contributed by atoms with Crippen LogP contribution in [-0.4, -0.2) is 0 Å². The summed E-state index contributed by atoms with van der Waals surface area (Å²) in [6.45, 7) is 0. The second kappa shape index (κ2) is 46.3. The zero-order chi connectivity index (χ0) is 0. The van der Waals surface area contributed by atoms with E-state index < -0.39 is 0 Å². The number of hydrogen-bond donors (Lipinski definition) is 1.